The molecule has 0 aromatic carbocycles. The molecule has 3 N–H and O–H groups in total. The van der Waals surface area contributed by atoms with Gasteiger partial charge in [-0.15, -0.1) is 0 Å². The lowest BCUT2D eigenvalue weighted by atomic mass is 10.0. The van der Waals surface area contributed by atoms with Gasteiger partial charge in [-0.25, -0.2) is 9.13 Å². The standard InChI is InChI=1S/C86H168O17P2/c1-7-9-11-13-15-17-19-20-21-22-23-24-27-34-40-46-52-58-64-70-85(90)103-82(75-97-84(89)69-63-57-51-45-39-33-28-25-26-31-37-42-48-54-60-66-78(3)4)77-101-105(94,95)99-73-80(87)72-98-104(92,93)100-76-81(74-96-83(88)68-62-56-50-44-36-18-16-14-12-10-8-2)102-86(91)71-65-59-53-47-41-35-30-29-32-38-43-49-55-61-67-79(5)6/h78-82,87H,7-77H2,1-6H3,(H,92,93)(H,94,95)/t80-,81+,82+/m0/s1. The van der Waals surface area contributed by atoms with Crippen LogP contribution in [0.3, 0.4) is 0 Å². The first-order valence-corrected chi connectivity index (χ1v) is 47.5. The first-order chi connectivity index (χ1) is 50.9. The van der Waals surface area contributed by atoms with E-state index in [9.17, 15) is 43.2 Å². The van der Waals surface area contributed by atoms with Crippen molar-refractivity contribution >= 4 is 39.5 Å². The van der Waals surface area contributed by atoms with Crippen LogP contribution in [-0.2, 0) is 65.4 Å². The summed E-state index contributed by atoms with van der Waals surface area (Å²) in [6.45, 7) is 9.72. The predicted octanol–water partition coefficient (Wildman–Crippen LogP) is 26.2. The maximum Gasteiger partial charge on any atom is 0.472 e. The Kier molecular flexibility index (Phi) is 76.0. The van der Waals surface area contributed by atoms with Crippen molar-refractivity contribution in [1.29, 1.82) is 0 Å². The molecule has 0 spiro atoms. The molecule has 0 saturated carbocycles. The summed E-state index contributed by atoms with van der Waals surface area (Å²) in [5.74, 6) is -0.499. The van der Waals surface area contributed by atoms with Gasteiger partial charge in [0.15, 0.2) is 12.2 Å². The Morgan fingerprint density at radius 2 is 0.438 bits per heavy atom. The van der Waals surface area contributed by atoms with Crippen molar-refractivity contribution in [2.75, 3.05) is 39.6 Å². The molecule has 0 saturated heterocycles. The minimum absolute atomic E-state index is 0.108. The van der Waals surface area contributed by atoms with Gasteiger partial charge in [0.05, 0.1) is 26.4 Å². The third-order valence-corrected chi connectivity index (χ3v) is 22.1. The highest BCUT2D eigenvalue weighted by atomic mass is 31.2. The van der Waals surface area contributed by atoms with Gasteiger partial charge in [0.2, 0.25) is 0 Å². The van der Waals surface area contributed by atoms with Crippen molar-refractivity contribution < 1.29 is 80.2 Å². The molecule has 105 heavy (non-hydrogen) atoms. The molecule has 17 nitrogen and oxygen atoms in total. The summed E-state index contributed by atoms with van der Waals surface area (Å²) in [5.41, 5.74) is 0. The molecule has 19 heteroatoms. The Labute approximate surface area is 645 Å². The zero-order chi connectivity index (χ0) is 77.1. The Morgan fingerprint density at radius 1 is 0.257 bits per heavy atom. The van der Waals surface area contributed by atoms with Crippen molar-refractivity contribution in [2.45, 2.75) is 477 Å². The molecular formula is C86H168O17P2. The molecule has 5 atom stereocenters. The van der Waals surface area contributed by atoms with Crippen LogP contribution in [0.2, 0.25) is 0 Å². The molecule has 0 aliphatic heterocycles. The fourth-order valence-electron chi connectivity index (χ4n) is 13.4. The Morgan fingerprint density at radius 3 is 0.648 bits per heavy atom. The molecule has 0 radical (unpaired) electrons. The van der Waals surface area contributed by atoms with Gasteiger partial charge in [-0.1, -0.05) is 408 Å². The molecule has 624 valence electrons. The van der Waals surface area contributed by atoms with Gasteiger partial charge in [-0.3, -0.25) is 37.3 Å². The second kappa shape index (κ2) is 77.4. The number of hydrogen-bond donors (Lipinski definition) is 3. The van der Waals surface area contributed by atoms with Crippen molar-refractivity contribution in [3.63, 3.8) is 0 Å². The van der Waals surface area contributed by atoms with E-state index in [0.29, 0.717) is 25.7 Å². The number of carbonyl (C=O) groups excluding carboxylic acids is 4. The number of phosphoric acid groups is 2. The normalized spacial score (nSPS) is 13.8. The summed E-state index contributed by atoms with van der Waals surface area (Å²) < 4.78 is 68.9. The van der Waals surface area contributed by atoms with E-state index in [1.165, 1.54) is 276 Å². The summed E-state index contributed by atoms with van der Waals surface area (Å²) in [6.07, 6.45) is 69.3. The van der Waals surface area contributed by atoms with Crippen LogP contribution in [0.5, 0.6) is 0 Å². The molecule has 0 aromatic rings. The van der Waals surface area contributed by atoms with Gasteiger partial charge in [-0.2, -0.15) is 0 Å². The number of phosphoric ester groups is 2. The molecule has 0 bridgehead atoms. The van der Waals surface area contributed by atoms with Gasteiger partial charge in [0.1, 0.15) is 19.3 Å². The second-order valence-corrected chi connectivity index (χ2v) is 34.8. The van der Waals surface area contributed by atoms with Crippen molar-refractivity contribution in [3.8, 4) is 0 Å². The molecule has 0 amide bonds. The lowest BCUT2D eigenvalue weighted by molar-refractivity contribution is -0.161. The lowest BCUT2D eigenvalue weighted by Gasteiger charge is -2.21. The summed E-state index contributed by atoms with van der Waals surface area (Å²) in [7, 11) is -9.93. The average molecular weight is 1540 g/mol. The van der Waals surface area contributed by atoms with Crippen LogP contribution < -0.4 is 0 Å². The molecule has 0 aliphatic carbocycles. The van der Waals surface area contributed by atoms with E-state index in [-0.39, 0.29) is 25.7 Å². The number of ether oxygens (including phenoxy) is 4. The summed E-state index contributed by atoms with van der Waals surface area (Å²) in [4.78, 5) is 73.2. The van der Waals surface area contributed by atoms with Gasteiger partial charge in [0, 0.05) is 25.7 Å². The van der Waals surface area contributed by atoms with Crippen LogP contribution in [0.1, 0.15) is 459 Å². The number of rotatable bonds is 85. The zero-order valence-electron chi connectivity index (χ0n) is 69.0. The fourth-order valence-corrected chi connectivity index (χ4v) is 15.0. The summed E-state index contributed by atoms with van der Waals surface area (Å²) >= 11 is 0. The first kappa shape index (κ1) is 103. The number of aliphatic hydroxyl groups excluding tert-OH is 1. The van der Waals surface area contributed by atoms with Gasteiger partial charge < -0.3 is 33.8 Å². The SMILES string of the molecule is CCCCCCCCCCCCCCCCCCCCCC(=O)O[C@H](COC(=O)CCCCCCCCCCCCCCCCCC(C)C)COP(=O)(O)OC[C@@H](O)COP(=O)(O)OC[C@@H](COC(=O)CCCCCCCCCCCCC)OC(=O)CCCCCCCCCCCCCCCCC(C)C. The van der Waals surface area contributed by atoms with Crippen LogP contribution in [0.4, 0.5) is 0 Å². The summed E-state index contributed by atoms with van der Waals surface area (Å²) in [6, 6.07) is 0. The van der Waals surface area contributed by atoms with E-state index in [4.69, 9.17) is 37.0 Å². The first-order valence-electron chi connectivity index (χ1n) is 44.5. The van der Waals surface area contributed by atoms with Gasteiger partial charge in [0.25, 0.3) is 0 Å². The molecule has 0 fully saturated rings. The fraction of sp³-hybridized carbons (Fsp3) is 0.953. The molecule has 2 unspecified atom stereocenters. The van der Waals surface area contributed by atoms with Crippen LogP contribution in [0, 0.1) is 11.8 Å². The number of aliphatic hydroxyl groups is 1. The molecule has 0 rings (SSSR count). The number of hydrogen-bond acceptors (Lipinski definition) is 15. The monoisotopic (exact) mass is 1540 g/mol. The molecule has 0 heterocycles. The van der Waals surface area contributed by atoms with Crippen LogP contribution in [0.25, 0.3) is 0 Å². The van der Waals surface area contributed by atoms with E-state index in [0.717, 1.165) is 102 Å². The third kappa shape index (κ3) is 79.9. The smallest absolute Gasteiger partial charge is 0.462 e. The zero-order valence-corrected chi connectivity index (χ0v) is 70.8. The quantitative estimate of drug-likeness (QED) is 0.0222. The van der Waals surface area contributed by atoms with Gasteiger partial charge in [-0.05, 0) is 37.5 Å². The predicted molar refractivity (Wildman–Crippen MR) is 432 cm³/mol. The number of esters is 4. The number of unbranched alkanes of at least 4 members (excludes halogenated alkanes) is 55. The Bertz CT molecular complexity index is 2010. The minimum Gasteiger partial charge on any atom is -0.462 e. The van der Waals surface area contributed by atoms with Crippen LogP contribution >= 0.6 is 15.6 Å². The topological polar surface area (TPSA) is 237 Å². The molecule has 0 aromatic heterocycles. The maximum absolute atomic E-state index is 13.1. The van der Waals surface area contributed by atoms with Gasteiger partial charge >= 0.3 is 39.5 Å². The van der Waals surface area contributed by atoms with Crippen LogP contribution in [-0.4, -0.2) is 96.7 Å². The highest BCUT2D eigenvalue weighted by Crippen LogP contribution is 2.45. The second-order valence-electron chi connectivity index (χ2n) is 31.9. The highest BCUT2D eigenvalue weighted by Gasteiger charge is 2.30. The third-order valence-electron chi connectivity index (χ3n) is 20.2. The van der Waals surface area contributed by atoms with Crippen molar-refractivity contribution in [2.24, 2.45) is 11.8 Å². The molecule has 0 aliphatic rings. The van der Waals surface area contributed by atoms with E-state index < -0.39 is 97.5 Å². The Balaban J connectivity index is 5.25. The van der Waals surface area contributed by atoms with E-state index in [1.54, 1.807) is 0 Å². The van der Waals surface area contributed by atoms with E-state index >= 15 is 0 Å². The van der Waals surface area contributed by atoms with Crippen molar-refractivity contribution in [1.82, 2.24) is 0 Å². The summed E-state index contributed by atoms with van der Waals surface area (Å²) in [5, 5.41) is 10.7. The van der Waals surface area contributed by atoms with Crippen LogP contribution in [0.15, 0.2) is 0 Å². The Hall–Kier alpha value is -1.94. The highest BCUT2D eigenvalue weighted by molar-refractivity contribution is 7.47. The maximum atomic E-state index is 13.1. The number of carbonyl (C=O) groups is 4. The van der Waals surface area contributed by atoms with E-state index in [2.05, 4.69) is 41.5 Å². The van der Waals surface area contributed by atoms with Crippen molar-refractivity contribution in [3.05, 3.63) is 0 Å². The minimum atomic E-state index is -4.97. The molecular weight excluding hydrogens is 1370 g/mol. The van der Waals surface area contributed by atoms with E-state index in [1.807, 2.05) is 0 Å². The lowest BCUT2D eigenvalue weighted by Crippen LogP contribution is -2.30. The average Bonchev–Trinajstić information content (AvgIpc) is 0.913. The largest absolute Gasteiger partial charge is 0.472 e.